The molecule has 1 aliphatic rings. The third kappa shape index (κ3) is 4.44. The van der Waals surface area contributed by atoms with Crippen LogP contribution in [-0.4, -0.2) is 36.7 Å². The second-order valence-electron chi connectivity index (χ2n) is 5.76. The molecule has 0 radical (unpaired) electrons. The fourth-order valence-corrected chi connectivity index (χ4v) is 2.60. The number of ether oxygens (including phenoxy) is 2. The van der Waals surface area contributed by atoms with Crippen molar-refractivity contribution < 1.29 is 31.8 Å². The number of halogens is 4. The van der Waals surface area contributed by atoms with Gasteiger partial charge < -0.3 is 14.4 Å². The molecule has 1 aliphatic heterocycles. The quantitative estimate of drug-likeness (QED) is 0.770. The van der Waals surface area contributed by atoms with E-state index in [1.807, 2.05) is 0 Å². The Kier molecular flexibility index (Phi) is 5.01. The zero-order valence-corrected chi connectivity index (χ0v) is 13.6. The van der Waals surface area contributed by atoms with Gasteiger partial charge in [-0.15, -0.1) is 0 Å². The molecule has 0 fully saturated rings. The summed E-state index contributed by atoms with van der Waals surface area (Å²) >= 11 is 0. The molecule has 0 unspecified atom stereocenters. The van der Waals surface area contributed by atoms with E-state index in [0.717, 1.165) is 24.3 Å². The summed E-state index contributed by atoms with van der Waals surface area (Å²) in [5, 5.41) is 0. The first-order valence-corrected chi connectivity index (χ1v) is 7.82. The number of nitrogens with zero attached hydrogens (tertiary/aromatic N) is 1. The lowest BCUT2D eigenvalue weighted by atomic mass is 10.1. The normalized spacial score (nSPS) is 13.4. The lowest BCUT2D eigenvalue weighted by Crippen LogP contribution is -2.38. The molecule has 0 atom stereocenters. The molecule has 1 heterocycles. The highest BCUT2D eigenvalue weighted by Crippen LogP contribution is 2.31. The molecular formula is C18H15F4NO3. The Bertz CT molecular complexity index is 790. The Balaban J connectivity index is 1.84. The minimum absolute atomic E-state index is 0.0202. The highest BCUT2D eigenvalue weighted by Gasteiger charge is 2.33. The van der Waals surface area contributed by atoms with Gasteiger partial charge >= 0.3 is 6.18 Å². The maximum Gasteiger partial charge on any atom is 0.406 e. The van der Waals surface area contributed by atoms with Crippen LogP contribution in [0.2, 0.25) is 0 Å². The fraction of sp³-hybridized carbons (Fsp3) is 0.278. The van der Waals surface area contributed by atoms with E-state index >= 15 is 0 Å². The van der Waals surface area contributed by atoms with Crippen LogP contribution < -0.4 is 9.47 Å². The van der Waals surface area contributed by atoms with Gasteiger partial charge in [0.25, 0.3) is 5.91 Å². The zero-order chi connectivity index (χ0) is 18.7. The van der Waals surface area contributed by atoms with Gasteiger partial charge in [-0.3, -0.25) is 4.79 Å². The molecule has 138 valence electrons. The molecule has 4 nitrogen and oxygen atoms in total. The summed E-state index contributed by atoms with van der Waals surface area (Å²) in [4.78, 5) is 13.1. The molecule has 0 saturated carbocycles. The van der Waals surface area contributed by atoms with Crippen LogP contribution in [0.15, 0.2) is 42.5 Å². The summed E-state index contributed by atoms with van der Waals surface area (Å²) in [7, 11) is 0. The Morgan fingerprint density at radius 3 is 2.31 bits per heavy atom. The maximum absolute atomic E-state index is 13.0. The molecule has 2 aromatic rings. The molecule has 1 amide bonds. The van der Waals surface area contributed by atoms with Gasteiger partial charge in [0.1, 0.15) is 25.6 Å². The van der Waals surface area contributed by atoms with Crippen LogP contribution in [-0.2, 0) is 6.54 Å². The van der Waals surface area contributed by atoms with Gasteiger partial charge in [-0.2, -0.15) is 13.2 Å². The van der Waals surface area contributed by atoms with Crippen molar-refractivity contribution in [3.8, 4) is 11.5 Å². The van der Waals surface area contributed by atoms with Crippen LogP contribution in [0.25, 0.3) is 0 Å². The average Bonchev–Trinajstić information content (AvgIpc) is 2.60. The molecular weight excluding hydrogens is 354 g/mol. The molecule has 0 aliphatic carbocycles. The van der Waals surface area contributed by atoms with Crippen molar-refractivity contribution in [3.05, 3.63) is 59.4 Å². The largest absolute Gasteiger partial charge is 0.486 e. The molecule has 26 heavy (non-hydrogen) atoms. The van der Waals surface area contributed by atoms with Gasteiger partial charge in [0.15, 0.2) is 11.5 Å². The number of alkyl halides is 3. The predicted molar refractivity (Wildman–Crippen MR) is 84.6 cm³/mol. The Morgan fingerprint density at radius 2 is 1.65 bits per heavy atom. The number of hydrogen-bond acceptors (Lipinski definition) is 3. The molecule has 0 N–H and O–H groups in total. The van der Waals surface area contributed by atoms with Crippen molar-refractivity contribution in [2.45, 2.75) is 12.7 Å². The van der Waals surface area contributed by atoms with Gasteiger partial charge in [-0.1, -0.05) is 6.07 Å². The summed E-state index contributed by atoms with van der Waals surface area (Å²) in [6.07, 6.45) is -4.57. The van der Waals surface area contributed by atoms with Crippen molar-refractivity contribution in [1.29, 1.82) is 0 Å². The summed E-state index contributed by atoms with van der Waals surface area (Å²) in [5.74, 6) is -0.477. The van der Waals surface area contributed by atoms with Crippen LogP contribution in [0, 0.1) is 5.82 Å². The molecule has 0 saturated heterocycles. The van der Waals surface area contributed by atoms with Crippen LogP contribution in [0.4, 0.5) is 17.6 Å². The second kappa shape index (κ2) is 7.23. The first-order chi connectivity index (χ1) is 12.3. The smallest absolute Gasteiger partial charge is 0.406 e. The van der Waals surface area contributed by atoms with E-state index in [4.69, 9.17) is 9.47 Å². The van der Waals surface area contributed by atoms with Crippen molar-refractivity contribution >= 4 is 5.91 Å². The monoisotopic (exact) mass is 369 g/mol. The summed E-state index contributed by atoms with van der Waals surface area (Å²) in [5.41, 5.74) is 0.446. The lowest BCUT2D eigenvalue weighted by molar-refractivity contribution is -0.141. The Labute approximate surface area is 146 Å². The third-order valence-electron chi connectivity index (χ3n) is 3.73. The number of fused-ring (bicyclic) bond motifs is 1. The molecule has 0 bridgehead atoms. The van der Waals surface area contributed by atoms with Gasteiger partial charge in [0.05, 0.1) is 0 Å². The van der Waals surface area contributed by atoms with E-state index in [9.17, 15) is 22.4 Å². The highest BCUT2D eigenvalue weighted by molar-refractivity contribution is 5.94. The maximum atomic E-state index is 13.0. The summed E-state index contributed by atoms with van der Waals surface area (Å²) < 4.78 is 62.6. The SMILES string of the molecule is O=C(c1ccc(F)cc1)N(Cc1ccc2c(c1)OCCO2)CC(F)(F)F. The number of benzene rings is 2. The third-order valence-corrected chi connectivity index (χ3v) is 3.73. The van der Waals surface area contributed by atoms with Gasteiger partial charge in [-0.25, -0.2) is 4.39 Å². The van der Waals surface area contributed by atoms with E-state index in [2.05, 4.69) is 0 Å². The molecule has 0 aromatic heterocycles. The first-order valence-electron chi connectivity index (χ1n) is 7.82. The van der Waals surface area contributed by atoms with Gasteiger partial charge in [-0.05, 0) is 42.0 Å². The minimum atomic E-state index is -4.57. The molecule has 0 spiro atoms. The van der Waals surface area contributed by atoms with Crippen molar-refractivity contribution in [1.82, 2.24) is 4.90 Å². The Hall–Kier alpha value is -2.77. The van der Waals surface area contributed by atoms with Crippen molar-refractivity contribution in [2.75, 3.05) is 19.8 Å². The van der Waals surface area contributed by atoms with E-state index in [1.54, 1.807) is 18.2 Å². The predicted octanol–water partition coefficient (Wildman–Crippen LogP) is 3.80. The fourth-order valence-electron chi connectivity index (χ4n) is 2.60. The Morgan fingerprint density at radius 1 is 1.00 bits per heavy atom. The van der Waals surface area contributed by atoms with E-state index in [1.165, 1.54) is 0 Å². The van der Waals surface area contributed by atoms with E-state index < -0.39 is 24.4 Å². The van der Waals surface area contributed by atoms with Crippen molar-refractivity contribution in [3.63, 3.8) is 0 Å². The highest BCUT2D eigenvalue weighted by atomic mass is 19.4. The standard InChI is InChI=1S/C18H15F4NO3/c19-14-4-2-13(3-5-14)17(24)23(11-18(20,21)22)10-12-1-6-15-16(9-12)26-8-7-25-15/h1-6,9H,7-8,10-11H2. The second-order valence-corrected chi connectivity index (χ2v) is 5.76. The van der Waals surface area contributed by atoms with Crippen LogP contribution in [0.3, 0.4) is 0 Å². The van der Waals surface area contributed by atoms with E-state index in [-0.39, 0.29) is 12.1 Å². The molecule has 2 aromatic carbocycles. The number of rotatable bonds is 4. The van der Waals surface area contributed by atoms with Crippen molar-refractivity contribution in [2.24, 2.45) is 0 Å². The average molecular weight is 369 g/mol. The molecule has 8 heteroatoms. The number of hydrogen-bond donors (Lipinski definition) is 0. The summed E-state index contributed by atoms with van der Waals surface area (Å²) in [6, 6.07) is 9.10. The van der Waals surface area contributed by atoms with Gasteiger partial charge in [0, 0.05) is 12.1 Å². The topological polar surface area (TPSA) is 38.8 Å². The number of carbonyl (C=O) groups is 1. The number of amides is 1. The van der Waals surface area contributed by atoms with Crippen LogP contribution in [0.5, 0.6) is 11.5 Å². The van der Waals surface area contributed by atoms with E-state index in [0.29, 0.717) is 35.2 Å². The van der Waals surface area contributed by atoms with Crippen LogP contribution >= 0.6 is 0 Å². The first kappa shape index (κ1) is 18.0. The number of carbonyl (C=O) groups excluding carboxylic acids is 1. The van der Waals surface area contributed by atoms with Gasteiger partial charge in [0.2, 0.25) is 0 Å². The molecule has 3 rings (SSSR count). The lowest BCUT2D eigenvalue weighted by Gasteiger charge is -2.25. The van der Waals surface area contributed by atoms with Crippen LogP contribution in [0.1, 0.15) is 15.9 Å². The minimum Gasteiger partial charge on any atom is -0.486 e. The zero-order valence-electron chi connectivity index (χ0n) is 13.6. The summed E-state index contributed by atoms with van der Waals surface area (Å²) in [6.45, 7) is -0.948.